The molecule has 1 saturated carbocycles. The molecule has 1 aliphatic carbocycles. The first-order valence-electron chi connectivity index (χ1n) is 6.46. The number of rotatable bonds is 0. The molecule has 0 N–H and O–H groups in total. The van der Waals surface area contributed by atoms with Crippen LogP contribution in [0.5, 0.6) is 0 Å². The third-order valence-electron chi connectivity index (χ3n) is 4.41. The van der Waals surface area contributed by atoms with Crippen LogP contribution >= 0.6 is 0 Å². The van der Waals surface area contributed by atoms with E-state index >= 15 is 0 Å². The maximum atomic E-state index is 2.62. The highest BCUT2D eigenvalue weighted by molar-refractivity contribution is 4.82. The minimum Gasteiger partial charge on any atom is -0.303 e. The molecule has 3 atom stereocenters. The van der Waals surface area contributed by atoms with Crippen LogP contribution < -0.4 is 0 Å². The Bertz CT molecular complexity index is 178. The third kappa shape index (κ3) is 2.50. The molecule has 0 amide bonds. The lowest BCUT2D eigenvalue weighted by atomic mass is 9.92. The Morgan fingerprint density at radius 1 is 1.00 bits per heavy atom. The predicted octanol–water partition coefficient (Wildman–Crippen LogP) is 3.30. The van der Waals surface area contributed by atoms with E-state index in [0.717, 1.165) is 17.9 Å². The number of hydrogen-bond donors (Lipinski definition) is 0. The van der Waals surface area contributed by atoms with Gasteiger partial charge in [-0.1, -0.05) is 19.8 Å². The highest BCUT2D eigenvalue weighted by Crippen LogP contribution is 2.34. The molecule has 1 heteroatoms. The van der Waals surface area contributed by atoms with Crippen LogP contribution in [0.3, 0.4) is 0 Å². The Labute approximate surface area is 88.9 Å². The fourth-order valence-electron chi connectivity index (χ4n) is 3.25. The monoisotopic (exact) mass is 195 g/mol. The van der Waals surface area contributed by atoms with E-state index in [1.165, 1.54) is 51.5 Å². The molecule has 82 valence electrons. The van der Waals surface area contributed by atoms with Gasteiger partial charge in [0.1, 0.15) is 0 Å². The van der Waals surface area contributed by atoms with Gasteiger partial charge in [-0.25, -0.2) is 0 Å². The molecule has 2 aliphatic rings. The van der Waals surface area contributed by atoms with Gasteiger partial charge < -0.3 is 4.90 Å². The van der Waals surface area contributed by atoms with E-state index in [0.29, 0.717) is 0 Å². The summed E-state index contributed by atoms with van der Waals surface area (Å²) < 4.78 is 0. The molecular weight excluding hydrogens is 170 g/mol. The normalized spacial score (nSPS) is 41.1. The van der Waals surface area contributed by atoms with E-state index in [9.17, 15) is 0 Å². The van der Waals surface area contributed by atoms with E-state index in [1.54, 1.807) is 0 Å². The summed E-state index contributed by atoms with van der Waals surface area (Å²) in [5.74, 6) is 2.03. The Kier molecular flexibility index (Phi) is 3.48. The molecule has 0 radical (unpaired) electrons. The van der Waals surface area contributed by atoms with Crippen LogP contribution in [0.1, 0.15) is 51.9 Å². The summed E-state index contributed by atoms with van der Waals surface area (Å²) in [5, 5.41) is 0. The molecule has 1 nitrogen and oxygen atoms in total. The fraction of sp³-hybridized carbons (Fsp3) is 1.00. The van der Waals surface area contributed by atoms with Crippen LogP contribution in [0.25, 0.3) is 0 Å². The van der Waals surface area contributed by atoms with Crippen LogP contribution in [0.4, 0.5) is 0 Å². The molecule has 0 aromatic heterocycles. The maximum Gasteiger partial charge on any atom is 0.00949 e. The topological polar surface area (TPSA) is 3.24 Å². The number of nitrogens with zero attached hydrogens (tertiary/aromatic N) is 1. The van der Waals surface area contributed by atoms with E-state index < -0.39 is 0 Å². The summed E-state index contributed by atoms with van der Waals surface area (Å²) >= 11 is 0. The van der Waals surface area contributed by atoms with E-state index in [-0.39, 0.29) is 0 Å². The van der Waals surface area contributed by atoms with Crippen molar-refractivity contribution in [3.8, 4) is 0 Å². The van der Waals surface area contributed by atoms with Crippen LogP contribution in [-0.2, 0) is 0 Å². The Hall–Kier alpha value is -0.0400. The third-order valence-corrected chi connectivity index (χ3v) is 4.41. The molecule has 1 heterocycles. The van der Waals surface area contributed by atoms with Gasteiger partial charge in [-0.15, -0.1) is 0 Å². The smallest absolute Gasteiger partial charge is 0.00949 e. The van der Waals surface area contributed by atoms with Gasteiger partial charge in [0.2, 0.25) is 0 Å². The van der Waals surface area contributed by atoms with Crippen LogP contribution in [0, 0.1) is 11.8 Å². The van der Waals surface area contributed by atoms with Gasteiger partial charge in [0.15, 0.2) is 0 Å². The molecule has 0 spiro atoms. The molecule has 2 rings (SSSR count). The van der Waals surface area contributed by atoms with Crippen molar-refractivity contribution in [2.24, 2.45) is 11.8 Å². The molecule has 2 fully saturated rings. The van der Waals surface area contributed by atoms with Crippen molar-refractivity contribution in [3.63, 3.8) is 0 Å². The SMILES string of the molecule is CC1CCCN(C)C2CCC(CC1)C2. The minimum absolute atomic E-state index is 0.924. The molecule has 14 heavy (non-hydrogen) atoms. The van der Waals surface area contributed by atoms with Gasteiger partial charge in [0.05, 0.1) is 0 Å². The number of hydrogen-bond acceptors (Lipinski definition) is 1. The maximum absolute atomic E-state index is 2.62. The average Bonchev–Trinajstić information content (AvgIpc) is 2.61. The molecule has 0 aromatic carbocycles. The van der Waals surface area contributed by atoms with Gasteiger partial charge >= 0.3 is 0 Å². The van der Waals surface area contributed by atoms with Crippen molar-refractivity contribution >= 4 is 0 Å². The van der Waals surface area contributed by atoms with Crippen LogP contribution in [-0.4, -0.2) is 24.5 Å². The Morgan fingerprint density at radius 3 is 2.64 bits per heavy atom. The van der Waals surface area contributed by atoms with Crippen molar-refractivity contribution in [2.75, 3.05) is 13.6 Å². The lowest BCUT2D eigenvalue weighted by Gasteiger charge is -2.26. The summed E-state index contributed by atoms with van der Waals surface area (Å²) in [5.41, 5.74) is 0. The van der Waals surface area contributed by atoms with E-state index in [1.807, 2.05) is 0 Å². The van der Waals surface area contributed by atoms with Gasteiger partial charge in [-0.2, -0.15) is 0 Å². The summed E-state index contributed by atoms with van der Waals surface area (Å²) in [4.78, 5) is 2.62. The average molecular weight is 195 g/mol. The lowest BCUT2D eigenvalue weighted by Crippen LogP contribution is -2.31. The largest absolute Gasteiger partial charge is 0.303 e. The molecule has 2 bridgehead atoms. The first kappa shape index (κ1) is 10.5. The highest BCUT2D eigenvalue weighted by atomic mass is 15.1. The molecule has 3 unspecified atom stereocenters. The van der Waals surface area contributed by atoms with Gasteiger partial charge in [0.25, 0.3) is 0 Å². The molecule has 1 saturated heterocycles. The second-order valence-corrected chi connectivity index (χ2v) is 5.64. The van der Waals surface area contributed by atoms with Crippen molar-refractivity contribution in [1.29, 1.82) is 0 Å². The molecular formula is C13H25N. The summed E-state index contributed by atoms with van der Waals surface area (Å²) in [6.45, 7) is 3.77. The summed E-state index contributed by atoms with van der Waals surface area (Å²) in [7, 11) is 2.33. The first-order chi connectivity index (χ1) is 6.75. The van der Waals surface area contributed by atoms with E-state index in [4.69, 9.17) is 0 Å². The second-order valence-electron chi connectivity index (χ2n) is 5.64. The Morgan fingerprint density at radius 2 is 1.79 bits per heavy atom. The zero-order chi connectivity index (χ0) is 9.97. The summed E-state index contributed by atoms with van der Waals surface area (Å²) in [6, 6.07) is 0.924. The zero-order valence-electron chi connectivity index (χ0n) is 9.84. The zero-order valence-corrected chi connectivity index (χ0v) is 9.84. The molecule has 1 aliphatic heterocycles. The van der Waals surface area contributed by atoms with Crippen molar-refractivity contribution in [3.05, 3.63) is 0 Å². The van der Waals surface area contributed by atoms with E-state index in [2.05, 4.69) is 18.9 Å². The standard InChI is InChI=1S/C13H25N/c1-11-4-3-9-14(2)13-8-7-12(10-13)6-5-11/h11-13H,3-10H2,1-2H3. The quantitative estimate of drug-likeness (QED) is 0.573. The van der Waals surface area contributed by atoms with Crippen LogP contribution in [0.2, 0.25) is 0 Å². The van der Waals surface area contributed by atoms with Crippen molar-refractivity contribution < 1.29 is 0 Å². The van der Waals surface area contributed by atoms with Crippen LogP contribution in [0.15, 0.2) is 0 Å². The predicted molar refractivity (Wildman–Crippen MR) is 61.4 cm³/mol. The van der Waals surface area contributed by atoms with Crippen molar-refractivity contribution in [1.82, 2.24) is 4.90 Å². The fourth-order valence-corrected chi connectivity index (χ4v) is 3.25. The van der Waals surface area contributed by atoms with Gasteiger partial charge in [-0.05, 0) is 57.5 Å². The lowest BCUT2D eigenvalue weighted by molar-refractivity contribution is 0.219. The molecule has 0 aromatic rings. The summed E-state index contributed by atoms with van der Waals surface area (Å²) in [6.07, 6.45) is 10.3. The first-order valence-corrected chi connectivity index (χ1v) is 6.46. The highest BCUT2D eigenvalue weighted by Gasteiger charge is 2.28. The van der Waals surface area contributed by atoms with Crippen molar-refractivity contribution in [2.45, 2.75) is 57.9 Å². The van der Waals surface area contributed by atoms with Gasteiger partial charge in [0, 0.05) is 6.04 Å². The second kappa shape index (κ2) is 4.65. The number of fused-ring (bicyclic) bond motifs is 2. The Balaban J connectivity index is 1.92. The minimum atomic E-state index is 0.924. The van der Waals surface area contributed by atoms with Gasteiger partial charge in [-0.3, -0.25) is 0 Å².